The summed E-state index contributed by atoms with van der Waals surface area (Å²) in [6, 6.07) is 12.3. The summed E-state index contributed by atoms with van der Waals surface area (Å²) < 4.78 is 0.801. The summed E-state index contributed by atoms with van der Waals surface area (Å²) in [6.07, 6.45) is 1.65. The Labute approximate surface area is 169 Å². The van der Waals surface area contributed by atoms with Gasteiger partial charge in [-0.25, -0.2) is 0 Å². The molecule has 1 aromatic heterocycles. The lowest BCUT2D eigenvalue weighted by Gasteiger charge is -2.22. The molecule has 2 heterocycles. The molecular weight excluding hydrogens is 380 g/mol. The largest absolute Gasteiger partial charge is 0.352 e. The molecule has 3 rings (SSSR count). The fourth-order valence-corrected chi connectivity index (χ4v) is 4.38. The number of carbonyl (C=O) groups is 1. The van der Waals surface area contributed by atoms with Crippen LogP contribution in [0.15, 0.2) is 41.4 Å². The number of benzene rings is 1. The van der Waals surface area contributed by atoms with Crippen molar-refractivity contribution >= 4 is 34.8 Å². The van der Waals surface area contributed by atoms with Crippen molar-refractivity contribution in [3.63, 3.8) is 0 Å². The number of nitrogens with zero attached hydrogens (tertiary/aromatic N) is 3. The molecule has 1 N–H and O–H groups in total. The molecule has 1 aliphatic heterocycles. The smallest absolute Gasteiger partial charge is 0.222 e. The molecule has 0 aliphatic carbocycles. The van der Waals surface area contributed by atoms with Gasteiger partial charge < -0.3 is 15.1 Å². The van der Waals surface area contributed by atoms with Gasteiger partial charge in [0.05, 0.1) is 10.9 Å². The van der Waals surface area contributed by atoms with Crippen LogP contribution >= 0.6 is 22.9 Å². The van der Waals surface area contributed by atoms with Gasteiger partial charge in [0.25, 0.3) is 0 Å². The zero-order chi connectivity index (χ0) is 19.2. The molecule has 1 aliphatic rings. The van der Waals surface area contributed by atoms with Gasteiger partial charge in [0.15, 0.2) is 5.96 Å². The Morgan fingerprint density at radius 1 is 1.33 bits per heavy atom. The van der Waals surface area contributed by atoms with E-state index in [0.717, 1.165) is 29.8 Å². The van der Waals surface area contributed by atoms with Gasteiger partial charge in [-0.2, -0.15) is 0 Å². The highest BCUT2D eigenvalue weighted by Gasteiger charge is 2.20. The lowest BCUT2D eigenvalue weighted by molar-refractivity contribution is -0.128. The van der Waals surface area contributed by atoms with E-state index in [0.29, 0.717) is 19.5 Å². The van der Waals surface area contributed by atoms with Gasteiger partial charge >= 0.3 is 0 Å². The highest BCUT2D eigenvalue weighted by atomic mass is 35.5. The molecule has 0 saturated carbocycles. The summed E-state index contributed by atoms with van der Waals surface area (Å²) in [5.74, 6) is 1.09. The van der Waals surface area contributed by atoms with Gasteiger partial charge in [0, 0.05) is 45.0 Å². The van der Waals surface area contributed by atoms with Gasteiger partial charge in [-0.15, -0.1) is 11.3 Å². The predicted octanol–water partition coefficient (Wildman–Crippen LogP) is 3.73. The molecule has 7 heteroatoms. The third-order valence-corrected chi connectivity index (χ3v) is 5.80. The number of rotatable bonds is 6. The van der Waals surface area contributed by atoms with Gasteiger partial charge in [0.1, 0.15) is 0 Å². The number of hydrogen-bond donors (Lipinski definition) is 1. The van der Waals surface area contributed by atoms with E-state index in [9.17, 15) is 4.79 Å². The Bertz CT molecular complexity index is 820. The van der Waals surface area contributed by atoms with Crippen LogP contribution in [-0.2, 0) is 24.4 Å². The summed E-state index contributed by atoms with van der Waals surface area (Å²) in [5, 5.41) is 3.41. The zero-order valence-corrected chi connectivity index (χ0v) is 17.3. The lowest BCUT2D eigenvalue weighted by Crippen LogP contribution is -2.37. The molecule has 27 heavy (non-hydrogen) atoms. The van der Waals surface area contributed by atoms with Crippen molar-refractivity contribution in [2.45, 2.75) is 32.5 Å². The molecule has 1 amide bonds. The number of halogens is 1. The van der Waals surface area contributed by atoms with Gasteiger partial charge in [-0.3, -0.25) is 9.79 Å². The molecule has 2 aromatic rings. The minimum Gasteiger partial charge on any atom is -0.352 e. The van der Waals surface area contributed by atoms with E-state index in [4.69, 9.17) is 11.6 Å². The Morgan fingerprint density at radius 2 is 2.15 bits per heavy atom. The maximum atomic E-state index is 11.8. The van der Waals surface area contributed by atoms with E-state index in [1.54, 1.807) is 18.4 Å². The molecule has 1 aromatic carbocycles. The Balaban J connectivity index is 1.56. The normalized spacial score (nSPS) is 14.7. The summed E-state index contributed by atoms with van der Waals surface area (Å²) >= 11 is 7.60. The average molecular weight is 405 g/mol. The molecule has 1 fully saturated rings. The first-order valence-corrected chi connectivity index (χ1v) is 10.3. The quantitative estimate of drug-likeness (QED) is 0.589. The molecule has 5 nitrogen and oxygen atoms in total. The fourth-order valence-electron chi connectivity index (χ4n) is 3.24. The van der Waals surface area contributed by atoms with E-state index in [1.165, 1.54) is 16.0 Å². The van der Waals surface area contributed by atoms with Crippen LogP contribution in [-0.4, -0.2) is 42.3 Å². The van der Waals surface area contributed by atoms with Crippen LogP contribution in [0.2, 0.25) is 4.34 Å². The molecule has 0 spiro atoms. The number of thiophene rings is 1. The topological polar surface area (TPSA) is 47.9 Å². The second-order valence-electron chi connectivity index (χ2n) is 6.70. The minimum atomic E-state index is 0.259. The number of carbonyl (C=O) groups excluding carboxylic acids is 1. The first-order chi connectivity index (χ1) is 13.0. The van der Waals surface area contributed by atoms with Crippen molar-refractivity contribution in [3.05, 3.63) is 56.7 Å². The predicted molar refractivity (Wildman–Crippen MR) is 112 cm³/mol. The molecule has 0 radical (unpaired) electrons. The molecule has 0 atom stereocenters. The van der Waals surface area contributed by atoms with E-state index < -0.39 is 0 Å². The van der Waals surface area contributed by atoms with Crippen LogP contribution in [0.25, 0.3) is 0 Å². The van der Waals surface area contributed by atoms with Crippen LogP contribution in [0.5, 0.6) is 0 Å². The SMILES string of the molecule is CN=C(NCc1cccc(CN2CCCC2=O)c1)N(C)Cc1ccc(Cl)s1. The first kappa shape index (κ1) is 19.7. The number of hydrogen-bond acceptors (Lipinski definition) is 3. The van der Waals surface area contributed by atoms with Gasteiger partial charge in [-0.1, -0.05) is 35.9 Å². The molecule has 1 saturated heterocycles. The maximum absolute atomic E-state index is 11.8. The van der Waals surface area contributed by atoms with Crippen molar-refractivity contribution in [1.29, 1.82) is 0 Å². The van der Waals surface area contributed by atoms with E-state index in [-0.39, 0.29) is 5.91 Å². The van der Waals surface area contributed by atoms with Crippen molar-refractivity contribution in [2.75, 3.05) is 20.6 Å². The van der Waals surface area contributed by atoms with Crippen molar-refractivity contribution in [2.24, 2.45) is 4.99 Å². The number of likely N-dealkylation sites (tertiary alicyclic amines) is 1. The fraction of sp³-hybridized carbons (Fsp3) is 0.400. The molecule has 144 valence electrons. The summed E-state index contributed by atoms with van der Waals surface area (Å²) in [5.41, 5.74) is 2.34. The second-order valence-corrected chi connectivity index (χ2v) is 8.50. The number of aliphatic imine (C=N–C) groups is 1. The Kier molecular flexibility index (Phi) is 6.74. The second kappa shape index (κ2) is 9.24. The molecule has 0 bridgehead atoms. The monoisotopic (exact) mass is 404 g/mol. The van der Waals surface area contributed by atoms with Crippen LogP contribution in [0.4, 0.5) is 0 Å². The van der Waals surface area contributed by atoms with Gasteiger partial charge in [-0.05, 0) is 29.7 Å². The van der Waals surface area contributed by atoms with Crippen molar-refractivity contribution in [1.82, 2.24) is 15.1 Å². The van der Waals surface area contributed by atoms with Crippen LogP contribution in [0.3, 0.4) is 0 Å². The van der Waals surface area contributed by atoms with Crippen LogP contribution < -0.4 is 5.32 Å². The third kappa shape index (κ3) is 5.47. The van der Waals surface area contributed by atoms with Gasteiger partial charge in [0.2, 0.25) is 5.91 Å². The van der Waals surface area contributed by atoms with E-state index in [2.05, 4.69) is 33.4 Å². The minimum absolute atomic E-state index is 0.259. The lowest BCUT2D eigenvalue weighted by atomic mass is 10.1. The number of nitrogens with one attached hydrogen (secondary N) is 1. The maximum Gasteiger partial charge on any atom is 0.222 e. The highest BCUT2D eigenvalue weighted by molar-refractivity contribution is 7.16. The molecular formula is C20H25ClN4OS. The van der Waals surface area contributed by atoms with Crippen molar-refractivity contribution < 1.29 is 4.79 Å². The van der Waals surface area contributed by atoms with Crippen LogP contribution in [0.1, 0.15) is 28.8 Å². The molecule has 0 unspecified atom stereocenters. The highest BCUT2D eigenvalue weighted by Crippen LogP contribution is 2.22. The summed E-state index contributed by atoms with van der Waals surface area (Å²) in [6.45, 7) is 3.00. The van der Waals surface area contributed by atoms with Crippen LogP contribution in [0, 0.1) is 0 Å². The standard InChI is InChI=1S/C20H25ClN4OS/c1-22-20(24(2)14-17-8-9-18(21)27-17)23-12-15-5-3-6-16(11-15)13-25-10-4-7-19(25)26/h3,5-6,8-9,11H,4,7,10,12-14H2,1-2H3,(H,22,23). The summed E-state index contributed by atoms with van der Waals surface area (Å²) in [7, 11) is 3.80. The Hall–Kier alpha value is -2.05. The average Bonchev–Trinajstić information content (AvgIpc) is 3.24. The van der Waals surface area contributed by atoms with Crippen molar-refractivity contribution in [3.8, 4) is 0 Å². The van der Waals surface area contributed by atoms with E-state index >= 15 is 0 Å². The number of amides is 1. The number of guanidine groups is 1. The first-order valence-electron chi connectivity index (χ1n) is 9.07. The zero-order valence-electron chi connectivity index (χ0n) is 15.7. The Morgan fingerprint density at radius 3 is 2.81 bits per heavy atom. The van der Waals surface area contributed by atoms with E-state index in [1.807, 2.05) is 30.1 Å². The third-order valence-electron chi connectivity index (χ3n) is 4.58. The summed E-state index contributed by atoms with van der Waals surface area (Å²) in [4.78, 5) is 21.4.